The van der Waals surface area contributed by atoms with Gasteiger partial charge in [0.05, 0.1) is 4.90 Å². The first-order chi connectivity index (χ1) is 6.54. The molecule has 0 fully saturated rings. The van der Waals surface area contributed by atoms with Crippen LogP contribution in [0.1, 0.15) is 24.2 Å². The van der Waals surface area contributed by atoms with E-state index in [2.05, 4.69) is 0 Å². The predicted molar refractivity (Wildman–Crippen MR) is 52.7 cm³/mol. The van der Waals surface area contributed by atoms with Crippen LogP contribution in [0.3, 0.4) is 0 Å². The standard InChI is InChI=1S/C10H10F2OS/c1-6(2)14-10-8(11)3-7(5-13)4-9(10)12/h3-6H,1-2H3. The van der Waals surface area contributed by atoms with Gasteiger partial charge in [0.25, 0.3) is 0 Å². The highest BCUT2D eigenvalue weighted by molar-refractivity contribution is 7.99. The summed E-state index contributed by atoms with van der Waals surface area (Å²) in [4.78, 5) is 10.3. The molecule has 0 heterocycles. The number of carbonyl (C=O) groups excluding carboxylic acids is 1. The Morgan fingerprint density at radius 3 is 2.14 bits per heavy atom. The maximum atomic E-state index is 13.2. The van der Waals surface area contributed by atoms with E-state index in [1.54, 1.807) is 0 Å². The van der Waals surface area contributed by atoms with Crippen LogP contribution in [0.5, 0.6) is 0 Å². The Morgan fingerprint density at radius 1 is 1.29 bits per heavy atom. The fraction of sp³-hybridized carbons (Fsp3) is 0.300. The molecule has 0 aliphatic rings. The van der Waals surface area contributed by atoms with Crippen LogP contribution in [0.4, 0.5) is 8.78 Å². The van der Waals surface area contributed by atoms with Gasteiger partial charge in [0.1, 0.15) is 17.9 Å². The second kappa shape index (κ2) is 4.55. The number of hydrogen-bond donors (Lipinski definition) is 0. The van der Waals surface area contributed by atoms with Crippen molar-refractivity contribution in [3.8, 4) is 0 Å². The minimum absolute atomic E-state index is 0.0214. The summed E-state index contributed by atoms with van der Waals surface area (Å²) in [5.41, 5.74) is 0.0214. The number of carbonyl (C=O) groups is 1. The molecule has 14 heavy (non-hydrogen) atoms. The molecular formula is C10H10F2OS. The second-order valence-electron chi connectivity index (χ2n) is 3.10. The average molecular weight is 216 g/mol. The summed E-state index contributed by atoms with van der Waals surface area (Å²) in [6, 6.07) is 2.08. The van der Waals surface area contributed by atoms with Crippen LogP contribution in [-0.4, -0.2) is 11.5 Å². The monoisotopic (exact) mass is 216 g/mol. The van der Waals surface area contributed by atoms with Gasteiger partial charge < -0.3 is 0 Å². The molecule has 0 radical (unpaired) electrons. The smallest absolute Gasteiger partial charge is 0.150 e. The van der Waals surface area contributed by atoms with Crippen LogP contribution in [0, 0.1) is 11.6 Å². The van der Waals surface area contributed by atoms with Crippen molar-refractivity contribution in [3.05, 3.63) is 29.3 Å². The van der Waals surface area contributed by atoms with Gasteiger partial charge in [0.2, 0.25) is 0 Å². The minimum atomic E-state index is -0.675. The zero-order chi connectivity index (χ0) is 10.7. The van der Waals surface area contributed by atoms with E-state index in [1.165, 1.54) is 0 Å². The van der Waals surface area contributed by atoms with Gasteiger partial charge in [-0.25, -0.2) is 8.78 Å². The lowest BCUT2D eigenvalue weighted by Crippen LogP contribution is -1.95. The second-order valence-corrected chi connectivity index (χ2v) is 4.68. The van der Waals surface area contributed by atoms with Crippen molar-refractivity contribution in [2.24, 2.45) is 0 Å². The lowest BCUT2D eigenvalue weighted by molar-refractivity contribution is 0.112. The molecule has 0 amide bonds. The number of halogens is 2. The zero-order valence-corrected chi connectivity index (χ0v) is 8.70. The van der Waals surface area contributed by atoms with Crippen molar-refractivity contribution < 1.29 is 13.6 Å². The summed E-state index contributed by atoms with van der Waals surface area (Å²) in [6.45, 7) is 3.69. The van der Waals surface area contributed by atoms with E-state index in [0.717, 1.165) is 23.9 Å². The Morgan fingerprint density at radius 2 is 1.79 bits per heavy atom. The van der Waals surface area contributed by atoms with E-state index < -0.39 is 11.6 Å². The minimum Gasteiger partial charge on any atom is -0.298 e. The molecule has 0 saturated carbocycles. The molecule has 0 saturated heterocycles. The molecule has 0 aromatic heterocycles. The SMILES string of the molecule is CC(C)Sc1c(F)cc(C=O)cc1F. The van der Waals surface area contributed by atoms with Crippen molar-refractivity contribution in [1.29, 1.82) is 0 Å². The average Bonchev–Trinajstić information content (AvgIpc) is 2.10. The molecular weight excluding hydrogens is 206 g/mol. The molecule has 0 unspecified atom stereocenters. The molecule has 1 aromatic rings. The van der Waals surface area contributed by atoms with Crippen molar-refractivity contribution in [1.82, 2.24) is 0 Å². The highest BCUT2D eigenvalue weighted by Gasteiger charge is 2.12. The van der Waals surface area contributed by atoms with Crippen molar-refractivity contribution in [2.45, 2.75) is 24.0 Å². The number of rotatable bonds is 3. The third-order valence-electron chi connectivity index (χ3n) is 1.51. The maximum Gasteiger partial charge on any atom is 0.150 e. The van der Waals surface area contributed by atoms with E-state index in [9.17, 15) is 13.6 Å². The number of aldehydes is 1. The van der Waals surface area contributed by atoms with Crippen LogP contribution in [0.2, 0.25) is 0 Å². The van der Waals surface area contributed by atoms with Crippen molar-refractivity contribution in [2.75, 3.05) is 0 Å². The molecule has 0 aliphatic heterocycles. The first-order valence-corrected chi connectivity index (χ1v) is 5.03. The van der Waals surface area contributed by atoms with Crippen molar-refractivity contribution >= 4 is 18.0 Å². The van der Waals surface area contributed by atoms with Gasteiger partial charge in [-0.05, 0) is 12.1 Å². The highest BCUT2D eigenvalue weighted by Crippen LogP contribution is 2.29. The van der Waals surface area contributed by atoms with Gasteiger partial charge in [-0.15, -0.1) is 11.8 Å². The van der Waals surface area contributed by atoms with Gasteiger partial charge in [0.15, 0.2) is 0 Å². The third kappa shape index (κ3) is 2.54. The molecule has 4 heteroatoms. The number of benzene rings is 1. The predicted octanol–water partition coefficient (Wildman–Crippen LogP) is 3.28. The summed E-state index contributed by atoms with van der Waals surface area (Å²) < 4.78 is 26.5. The molecule has 1 nitrogen and oxygen atoms in total. The summed E-state index contributed by atoms with van der Waals surface area (Å²) in [5.74, 6) is -1.35. The van der Waals surface area contributed by atoms with Crippen LogP contribution >= 0.6 is 11.8 Å². The molecule has 0 aliphatic carbocycles. The molecule has 0 spiro atoms. The lowest BCUT2D eigenvalue weighted by atomic mass is 10.2. The van der Waals surface area contributed by atoms with Crippen molar-refractivity contribution in [3.63, 3.8) is 0 Å². The summed E-state index contributed by atoms with van der Waals surface area (Å²) >= 11 is 1.10. The Hall–Kier alpha value is -0.900. The summed E-state index contributed by atoms with van der Waals surface area (Å²) in [7, 11) is 0. The lowest BCUT2D eigenvalue weighted by Gasteiger charge is -2.07. The fourth-order valence-corrected chi connectivity index (χ4v) is 1.81. The van der Waals surface area contributed by atoms with E-state index in [0.29, 0.717) is 6.29 Å². The molecule has 0 N–H and O–H groups in total. The summed E-state index contributed by atoms with van der Waals surface area (Å²) in [6.07, 6.45) is 0.427. The number of thioether (sulfide) groups is 1. The Kier molecular flexibility index (Phi) is 3.63. The highest BCUT2D eigenvalue weighted by atomic mass is 32.2. The van der Waals surface area contributed by atoms with Gasteiger partial charge >= 0.3 is 0 Å². The maximum absolute atomic E-state index is 13.2. The quantitative estimate of drug-likeness (QED) is 0.569. The van der Waals surface area contributed by atoms with E-state index in [-0.39, 0.29) is 15.7 Å². The summed E-state index contributed by atoms with van der Waals surface area (Å²) in [5, 5.41) is 0.0982. The van der Waals surface area contributed by atoms with Gasteiger partial charge in [-0.3, -0.25) is 4.79 Å². The Balaban J connectivity index is 3.11. The van der Waals surface area contributed by atoms with Crippen LogP contribution in [0.25, 0.3) is 0 Å². The van der Waals surface area contributed by atoms with Gasteiger partial charge in [-0.2, -0.15) is 0 Å². The Labute approximate surface area is 85.5 Å². The molecule has 1 rings (SSSR count). The number of hydrogen-bond acceptors (Lipinski definition) is 2. The normalized spacial score (nSPS) is 10.6. The molecule has 76 valence electrons. The van der Waals surface area contributed by atoms with Crippen LogP contribution in [-0.2, 0) is 0 Å². The molecule has 1 aromatic carbocycles. The first kappa shape index (κ1) is 11.2. The Bertz CT molecular complexity index is 327. The molecule has 0 atom stereocenters. The fourth-order valence-electron chi connectivity index (χ4n) is 0.996. The van der Waals surface area contributed by atoms with E-state index >= 15 is 0 Å². The van der Waals surface area contributed by atoms with E-state index in [1.807, 2.05) is 13.8 Å². The van der Waals surface area contributed by atoms with Gasteiger partial charge in [0, 0.05) is 10.8 Å². The van der Waals surface area contributed by atoms with Crippen LogP contribution < -0.4 is 0 Å². The largest absolute Gasteiger partial charge is 0.298 e. The topological polar surface area (TPSA) is 17.1 Å². The third-order valence-corrected chi connectivity index (χ3v) is 2.61. The van der Waals surface area contributed by atoms with E-state index in [4.69, 9.17) is 0 Å². The molecule has 0 bridgehead atoms. The van der Waals surface area contributed by atoms with Gasteiger partial charge in [-0.1, -0.05) is 13.8 Å². The first-order valence-electron chi connectivity index (χ1n) is 4.15. The van der Waals surface area contributed by atoms with Crippen LogP contribution in [0.15, 0.2) is 17.0 Å². The zero-order valence-electron chi connectivity index (χ0n) is 7.88.